The van der Waals surface area contributed by atoms with Crippen LogP contribution in [0.25, 0.3) is 0 Å². The van der Waals surface area contributed by atoms with Crippen molar-refractivity contribution in [1.29, 1.82) is 0 Å². The molecule has 0 aliphatic carbocycles. The van der Waals surface area contributed by atoms with Crippen LogP contribution < -0.4 is 5.32 Å². The first-order chi connectivity index (χ1) is 17.2. The summed E-state index contributed by atoms with van der Waals surface area (Å²) in [7, 11) is 0. The number of nitrogens with one attached hydrogen (secondary N) is 1. The number of rotatable bonds is 8. The van der Waals surface area contributed by atoms with E-state index in [-0.39, 0.29) is 29.0 Å². The highest BCUT2D eigenvalue weighted by atomic mass is 16.5. The standard InChI is InChI=1S/C28H24N2O6/c1-17(31)20-9-6-10-22(15-20)29-25(32)18(2)36-28(35)21-11-12-23-24(16-21)27(34)30(26(23)33)14-13-19-7-4-3-5-8-19/h3-12,15-16,18H,13-14H2,1-2H3,(H,29,32). The van der Waals surface area contributed by atoms with E-state index in [1.165, 1.54) is 38.1 Å². The molecule has 1 N–H and O–H groups in total. The van der Waals surface area contributed by atoms with Crippen molar-refractivity contribution < 1.29 is 28.7 Å². The number of hydrogen-bond donors (Lipinski definition) is 1. The number of carbonyl (C=O) groups excluding carboxylic acids is 5. The summed E-state index contributed by atoms with van der Waals surface area (Å²) in [5.41, 5.74) is 2.23. The van der Waals surface area contributed by atoms with Gasteiger partial charge in [-0.3, -0.25) is 24.1 Å². The second kappa shape index (κ2) is 10.4. The number of ketones is 1. The molecule has 0 radical (unpaired) electrons. The van der Waals surface area contributed by atoms with Gasteiger partial charge in [0.1, 0.15) is 0 Å². The van der Waals surface area contributed by atoms with Crippen LogP contribution in [0, 0.1) is 0 Å². The molecule has 1 heterocycles. The Hall–Kier alpha value is -4.59. The summed E-state index contributed by atoms with van der Waals surface area (Å²) < 4.78 is 5.27. The molecule has 0 spiro atoms. The highest BCUT2D eigenvalue weighted by Crippen LogP contribution is 2.25. The monoisotopic (exact) mass is 484 g/mol. The third-order valence-corrected chi connectivity index (χ3v) is 5.86. The average molecular weight is 485 g/mol. The second-order valence-corrected chi connectivity index (χ2v) is 8.43. The van der Waals surface area contributed by atoms with E-state index in [2.05, 4.69) is 5.32 Å². The topological polar surface area (TPSA) is 110 Å². The molecule has 3 amide bonds. The Morgan fingerprint density at radius 3 is 2.31 bits per heavy atom. The molecule has 0 fully saturated rings. The van der Waals surface area contributed by atoms with Crippen molar-refractivity contribution in [1.82, 2.24) is 4.90 Å². The van der Waals surface area contributed by atoms with Gasteiger partial charge in [-0.05, 0) is 56.2 Å². The molecule has 182 valence electrons. The molecule has 0 bridgehead atoms. The van der Waals surface area contributed by atoms with Crippen LogP contribution in [0.2, 0.25) is 0 Å². The first-order valence-corrected chi connectivity index (χ1v) is 11.4. The summed E-state index contributed by atoms with van der Waals surface area (Å²) in [4.78, 5) is 63.5. The lowest BCUT2D eigenvalue weighted by atomic mass is 10.1. The highest BCUT2D eigenvalue weighted by Gasteiger charge is 2.36. The van der Waals surface area contributed by atoms with E-state index < -0.39 is 29.8 Å². The van der Waals surface area contributed by atoms with Crippen LogP contribution >= 0.6 is 0 Å². The number of benzene rings is 3. The molecular formula is C28H24N2O6. The molecule has 8 nitrogen and oxygen atoms in total. The van der Waals surface area contributed by atoms with Gasteiger partial charge in [0.15, 0.2) is 11.9 Å². The van der Waals surface area contributed by atoms with Gasteiger partial charge in [0.25, 0.3) is 17.7 Å². The van der Waals surface area contributed by atoms with Crippen LogP contribution in [0.3, 0.4) is 0 Å². The predicted octanol–water partition coefficient (Wildman–Crippen LogP) is 3.91. The van der Waals surface area contributed by atoms with Crippen LogP contribution in [-0.2, 0) is 16.0 Å². The van der Waals surface area contributed by atoms with Crippen LogP contribution in [0.5, 0.6) is 0 Å². The van der Waals surface area contributed by atoms with E-state index in [1.807, 2.05) is 30.3 Å². The molecule has 36 heavy (non-hydrogen) atoms. The minimum atomic E-state index is -1.15. The van der Waals surface area contributed by atoms with Gasteiger partial charge in [0.05, 0.1) is 16.7 Å². The number of fused-ring (bicyclic) bond motifs is 1. The Kier molecular flexibility index (Phi) is 7.05. The first-order valence-electron chi connectivity index (χ1n) is 11.4. The molecule has 8 heteroatoms. The Morgan fingerprint density at radius 1 is 0.861 bits per heavy atom. The van der Waals surface area contributed by atoms with Crippen molar-refractivity contribution in [3.05, 3.63) is 101 Å². The Morgan fingerprint density at radius 2 is 1.58 bits per heavy atom. The van der Waals surface area contributed by atoms with Crippen LogP contribution in [0.15, 0.2) is 72.8 Å². The van der Waals surface area contributed by atoms with E-state index >= 15 is 0 Å². The van der Waals surface area contributed by atoms with E-state index in [0.29, 0.717) is 17.7 Å². The average Bonchev–Trinajstić information content (AvgIpc) is 3.12. The summed E-state index contributed by atoms with van der Waals surface area (Å²) in [6.07, 6.45) is -0.630. The first kappa shape index (κ1) is 24.5. The minimum Gasteiger partial charge on any atom is -0.449 e. The van der Waals surface area contributed by atoms with Gasteiger partial charge in [0, 0.05) is 17.8 Å². The summed E-state index contributed by atoms with van der Waals surface area (Å²) in [6.45, 7) is 3.05. The smallest absolute Gasteiger partial charge is 0.338 e. The number of ether oxygens (including phenoxy) is 1. The third kappa shape index (κ3) is 5.22. The summed E-state index contributed by atoms with van der Waals surface area (Å²) in [5.74, 6) is -2.42. The van der Waals surface area contributed by atoms with Gasteiger partial charge >= 0.3 is 5.97 Å². The number of Topliss-reactive ketones (excluding diaryl/α,β-unsaturated/α-hetero) is 1. The maximum Gasteiger partial charge on any atom is 0.338 e. The number of esters is 1. The quantitative estimate of drug-likeness (QED) is 0.295. The molecule has 4 rings (SSSR count). The second-order valence-electron chi connectivity index (χ2n) is 8.43. The van der Waals surface area contributed by atoms with Gasteiger partial charge in [-0.25, -0.2) is 4.79 Å². The zero-order valence-corrected chi connectivity index (χ0v) is 19.8. The summed E-state index contributed by atoms with van der Waals surface area (Å²) >= 11 is 0. The zero-order valence-electron chi connectivity index (χ0n) is 19.8. The molecule has 0 saturated carbocycles. The fourth-order valence-corrected chi connectivity index (χ4v) is 3.85. The van der Waals surface area contributed by atoms with Gasteiger partial charge in [0.2, 0.25) is 0 Å². The maximum atomic E-state index is 12.9. The van der Waals surface area contributed by atoms with E-state index in [1.54, 1.807) is 18.2 Å². The van der Waals surface area contributed by atoms with Crippen LogP contribution in [-0.4, -0.2) is 47.0 Å². The molecule has 3 aromatic rings. The lowest BCUT2D eigenvalue weighted by molar-refractivity contribution is -0.123. The number of hydrogen-bond acceptors (Lipinski definition) is 6. The van der Waals surface area contributed by atoms with E-state index in [9.17, 15) is 24.0 Å². The predicted molar refractivity (Wildman–Crippen MR) is 132 cm³/mol. The molecule has 1 atom stereocenters. The van der Waals surface area contributed by atoms with Gasteiger partial charge < -0.3 is 10.1 Å². The highest BCUT2D eigenvalue weighted by molar-refractivity contribution is 6.22. The van der Waals surface area contributed by atoms with Crippen LogP contribution in [0.4, 0.5) is 5.69 Å². The molecule has 3 aromatic carbocycles. The lowest BCUT2D eigenvalue weighted by Gasteiger charge is -2.14. The lowest BCUT2D eigenvalue weighted by Crippen LogP contribution is -2.31. The summed E-state index contributed by atoms with van der Waals surface area (Å²) in [6, 6.07) is 20.1. The van der Waals surface area contributed by atoms with Crippen LogP contribution in [0.1, 0.15) is 60.8 Å². The molecule has 1 aliphatic rings. The normalized spacial score (nSPS) is 13.2. The maximum absolute atomic E-state index is 12.9. The van der Waals surface area contributed by atoms with Crippen molar-refractivity contribution in [3.63, 3.8) is 0 Å². The van der Waals surface area contributed by atoms with Crippen molar-refractivity contribution in [3.8, 4) is 0 Å². The third-order valence-electron chi connectivity index (χ3n) is 5.86. The molecule has 0 saturated heterocycles. The van der Waals surface area contributed by atoms with Gasteiger partial charge in [-0.1, -0.05) is 42.5 Å². The molecular weight excluding hydrogens is 460 g/mol. The van der Waals surface area contributed by atoms with Crippen molar-refractivity contribution in [2.45, 2.75) is 26.4 Å². The Bertz CT molecular complexity index is 1370. The largest absolute Gasteiger partial charge is 0.449 e. The molecule has 1 unspecified atom stereocenters. The number of carbonyl (C=O) groups is 5. The number of amides is 3. The zero-order chi connectivity index (χ0) is 25.8. The van der Waals surface area contributed by atoms with Crippen molar-refractivity contribution in [2.24, 2.45) is 0 Å². The fourth-order valence-electron chi connectivity index (χ4n) is 3.85. The minimum absolute atomic E-state index is 0.0537. The SMILES string of the molecule is CC(=O)c1cccc(NC(=O)C(C)OC(=O)c2ccc3c(c2)C(=O)N(CCc2ccccc2)C3=O)c1. The van der Waals surface area contributed by atoms with Crippen molar-refractivity contribution >= 4 is 35.2 Å². The van der Waals surface area contributed by atoms with E-state index in [4.69, 9.17) is 4.74 Å². The number of imide groups is 1. The molecule has 0 aromatic heterocycles. The van der Waals surface area contributed by atoms with Gasteiger partial charge in [-0.15, -0.1) is 0 Å². The van der Waals surface area contributed by atoms with Crippen molar-refractivity contribution in [2.75, 3.05) is 11.9 Å². The van der Waals surface area contributed by atoms with Gasteiger partial charge in [-0.2, -0.15) is 0 Å². The number of nitrogens with zero attached hydrogens (tertiary/aromatic N) is 1. The Labute approximate surface area is 207 Å². The Balaban J connectivity index is 1.40. The fraction of sp³-hybridized carbons (Fsp3) is 0.179. The number of anilines is 1. The van der Waals surface area contributed by atoms with E-state index in [0.717, 1.165) is 10.5 Å². The summed E-state index contributed by atoms with van der Waals surface area (Å²) in [5, 5.41) is 2.61. The molecule has 1 aliphatic heterocycles.